The third-order valence-corrected chi connectivity index (χ3v) is 3.70. The largest absolute Gasteiger partial charge is 0.345 e. The number of hydrogen-bond acceptors (Lipinski definition) is 4. The first kappa shape index (κ1) is 17.1. The van der Waals surface area contributed by atoms with Crippen molar-refractivity contribution in [2.24, 2.45) is 0 Å². The van der Waals surface area contributed by atoms with Crippen LogP contribution in [0.3, 0.4) is 0 Å². The number of hydrogen-bond donors (Lipinski definition) is 2. The number of nitriles is 1. The van der Waals surface area contributed by atoms with Gasteiger partial charge in [0.15, 0.2) is 0 Å². The summed E-state index contributed by atoms with van der Waals surface area (Å²) in [5, 5.41) is 15.3. The summed E-state index contributed by atoms with van der Waals surface area (Å²) in [6.07, 6.45) is 2.68. The Morgan fingerprint density at radius 2 is 2.00 bits per heavy atom. The Kier molecular flexibility index (Phi) is 5.83. The second kappa shape index (κ2) is 7.84. The van der Waals surface area contributed by atoms with Crippen molar-refractivity contribution in [2.75, 3.05) is 10.6 Å². The van der Waals surface area contributed by atoms with Gasteiger partial charge in [0, 0.05) is 12.4 Å². The van der Waals surface area contributed by atoms with E-state index in [0.717, 1.165) is 0 Å². The normalized spacial score (nSPS) is 10.8. The number of carbonyl (C=O) groups is 1. The Morgan fingerprint density at radius 3 is 2.65 bits per heavy atom. The van der Waals surface area contributed by atoms with Crippen molar-refractivity contribution in [3.05, 3.63) is 63.4 Å². The first-order valence-corrected chi connectivity index (χ1v) is 7.38. The van der Waals surface area contributed by atoms with Crippen molar-refractivity contribution in [1.29, 1.82) is 5.26 Å². The predicted octanol–water partition coefficient (Wildman–Crippen LogP) is 4.50. The van der Waals surface area contributed by atoms with Crippen LogP contribution in [0.25, 0.3) is 0 Å². The Balaban J connectivity index is 2.12. The van der Waals surface area contributed by atoms with E-state index in [-0.39, 0.29) is 10.6 Å². The van der Waals surface area contributed by atoms with Crippen molar-refractivity contribution >= 4 is 52.2 Å². The molecular weight excluding hydrogens is 359 g/mol. The number of nitrogens with one attached hydrogen (secondary N) is 2. The van der Waals surface area contributed by atoms with Gasteiger partial charge in [-0.25, -0.2) is 4.98 Å². The predicted molar refractivity (Wildman–Crippen MR) is 91.7 cm³/mol. The van der Waals surface area contributed by atoms with E-state index in [1.165, 1.54) is 12.4 Å². The van der Waals surface area contributed by atoms with Crippen LogP contribution >= 0.6 is 34.8 Å². The van der Waals surface area contributed by atoms with Gasteiger partial charge in [-0.05, 0) is 24.3 Å². The quantitative estimate of drug-likeness (QED) is 0.616. The molecule has 2 aromatic rings. The molecule has 5 nitrogen and oxygen atoms in total. The Labute approximate surface area is 147 Å². The fourth-order valence-corrected chi connectivity index (χ4v) is 2.01. The molecule has 2 rings (SSSR count). The van der Waals surface area contributed by atoms with E-state index >= 15 is 0 Å². The van der Waals surface area contributed by atoms with Gasteiger partial charge in [-0.3, -0.25) is 4.79 Å². The van der Waals surface area contributed by atoms with E-state index in [2.05, 4.69) is 15.6 Å². The molecule has 0 aliphatic heterocycles. The number of halogens is 3. The molecule has 1 heterocycles. The molecule has 0 spiro atoms. The van der Waals surface area contributed by atoms with Crippen molar-refractivity contribution in [3.8, 4) is 6.07 Å². The molecule has 0 bridgehead atoms. The lowest BCUT2D eigenvalue weighted by atomic mass is 10.2. The highest BCUT2D eigenvalue weighted by Gasteiger charge is 2.12. The number of carbonyl (C=O) groups excluding carboxylic acids is 1. The zero-order chi connectivity index (χ0) is 16.8. The van der Waals surface area contributed by atoms with E-state index in [9.17, 15) is 4.79 Å². The van der Waals surface area contributed by atoms with E-state index in [1.54, 1.807) is 36.4 Å². The van der Waals surface area contributed by atoms with E-state index in [1.807, 2.05) is 0 Å². The van der Waals surface area contributed by atoms with Crippen LogP contribution in [-0.4, -0.2) is 10.9 Å². The number of anilines is 2. The second-order valence-corrected chi connectivity index (χ2v) is 5.45. The molecule has 0 atom stereocenters. The lowest BCUT2D eigenvalue weighted by Gasteiger charge is -2.07. The Bertz CT molecular complexity index is 797. The smallest absolute Gasteiger partial charge is 0.267 e. The lowest BCUT2D eigenvalue weighted by Crippen LogP contribution is -2.15. The summed E-state index contributed by atoms with van der Waals surface area (Å²) < 4.78 is 0. The zero-order valence-electron chi connectivity index (χ0n) is 11.5. The third-order valence-electron chi connectivity index (χ3n) is 2.66. The Morgan fingerprint density at radius 1 is 1.22 bits per heavy atom. The molecule has 23 heavy (non-hydrogen) atoms. The maximum atomic E-state index is 12.1. The molecule has 0 fully saturated rings. The van der Waals surface area contributed by atoms with E-state index < -0.39 is 5.91 Å². The summed E-state index contributed by atoms with van der Waals surface area (Å²) in [4.78, 5) is 16.1. The third kappa shape index (κ3) is 4.60. The summed E-state index contributed by atoms with van der Waals surface area (Å²) in [5.41, 5.74) is 0.160. The summed E-state index contributed by atoms with van der Waals surface area (Å²) >= 11 is 17.6. The summed E-state index contributed by atoms with van der Waals surface area (Å²) in [6.45, 7) is 0. The van der Waals surface area contributed by atoms with E-state index in [0.29, 0.717) is 21.6 Å². The molecule has 1 aromatic carbocycles. The number of pyridine rings is 1. The fourth-order valence-electron chi connectivity index (χ4n) is 1.55. The first-order valence-electron chi connectivity index (χ1n) is 6.25. The molecule has 0 saturated heterocycles. The molecule has 0 aliphatic rings. The number of nitrogens with zero attached hydrogens (tertiary/aromatic N) is 2. The van der Waals surface area contributed by atoms with Crippen LogP contribution in [0.15, 0.2) is 48.3 Å². The number of aromatic nitrogens is 1. The van der Waals surface area contributed by atoms with E-state index in [4.69, 9.17) is 40.1 Å². The molecule has 0 saturated carbocycles. The standard InChI is InChI=1S/C15H9Cl3N4O/c16-10-4-5-13(21-8-10)20-7-9(6-19)15(23)22-12-3-1-2-11(17)14(12)18/h1-5,7-8H,(H,20,21)(H,22,23)/b9-7-. The molecule has 1 aromatic heterocycles. The zero-order valence-corrected chi connectivity index (χ0v) is 13.7. The van der Waals surface area contributed by atoms with Crippen LogP contribution in [0.1, 0.15) is 0 Å². The fraction of sp³-hybridized carbons (Fsp3) is 0. The van der Waals surface area contributed by atoms with Crippen LogP contribution in [0.4, 0.5) is 11.5 Å². The van der Waals surface area contributed by atoms with Crippen LogP contribution in [0.5, 0.6) is 0 Å². The average molecular weight is 368 g/mol. The highest BCUT2D eigenvalue weighted by molar-refractivity contribution is 6.44. The van der Waals surface area contributed by atoms with Crippen LogP contribution in [-0.2, 0) is 4.79 Å². The molecule has 116 valence electrons. The SMILES string of the molecule is N#C/C(=C/Nc1ccc(Cl)cn1)C(=O)Nc1cccc(Cl)c1Cl. The maximum Gasteiger partial charge on any atom is 0.267 e. The van der Waals surface area contributed by atoms with Crippen molar-refractivity contribution < 1.29 is 4.79 Å². The average Bonchev–Trinajstić information content (AvgIpc) is 2.54. The molecule has 2 N–H and O–H groups in total. The monoisotopic (exact) mass is 366 g/mol. The Hall–Kier alpha value is -2.26. The summed E-state index contributed by atoms with van der Waals surface area (Å²) in [5.74, 6) is -0.186. The number of amides is 1. The number of rotatable bonds is 4. The molecule has 8 heteroatoms. The molecule has 0 radical (unpaired) electrons. The van der Waals surface area contributed by atoms with Crippen molar-refractivity contribution in [1.82, 2.24) is 4.98 Å². The van der Waals surface area contributed by atoms with Crippen LogP contribution in [0, 0.1) is 11.3 Å². The topological polar surface area (TPSA) is 77.8 Å². The minimum absolute atomic E-state index is 0.155. The maximum absolute atomic E-state index is 12.1. The van der Waals surface area contributed by atoms with Gasteiger partial charge in [-0.2, -0.15) is 5.26 Å². The molecule has 0 aliphatic carbocycles. The molecule has 1 amide bonds. The number of benzene rings is 1. The first-order chi connectivity index (χ1) is 11.0. The van der Waals surface area contributed by atoms with Gasteiger partial charge in [-0.15, -0.1) is 0 Å². The van der Waals surface area contributed by atoms with Gasteiger partial charge in [0.1, 0.15) is 17.5 Å². The molecular formula is C15H9Cl3N4O. The van der Waals surface area contributed by atoms with Gasteiger partial charge in [0.25, 0.3) is 5.91 Å². The minimum Gasteiger partial charge on any atom is -0.345 e. The van der Waals surface area contributed by atoms with Gasteiger partial charge in [-0.1, -0.05) is 40.9 Å². The van der Waals surface area contributed by atoms with Gasteiger partial charge < -0.3 is 10.6 Å². The highest BCUT2D eigenvalue weighted by atomic mass is 35.5. The van der Waals surface area contributed by atoms with Crippen molar-refractivity contribution in [2.45, 2.75) is 0 Å². The second-order valence-electron chi connectivity index (χ2n) is 4.23. The van der Waals surface area contributed by atoms with Crippen LogP contribution in [0.2, 0.25) is 15.1 Å². The minimum atomic E-state index is -0.627. The van der Waals surface area contributed by atoms with Gasteiger partial charge >= 0.3 is 0 Å². The van der Waals surface area contributed by atoms with Crippen LogP contribution < -0.4 is 10.6 Å². The van der Waals surface area contributed by atoms with Gasteiger partial charge in [0.2, 0.25) is 0 Å². The lowest BCUT2D eigenvalue weighted by molar-refractivity contribution is -0.112. The summed E-state index contributed by atoms with van der Waals surface area (Å²) in [7, 11) is 0. The van der Waals surface area contributed by atoms with Gasteiger partial charge in [0.05, 0.1) is 20.8 Å². The molecule has 0 unspecified atom stereocenters. The van der Waals surface area contributed by atoms with Crippen molar-refractivity contribution in [3.63, 3.8) is 0 Å². The summed E-state index contributed by atoms with van der Waals surface area (Å²) in [6, 6.07) is 9.84. The highest BCUT2D eigenvalue weighted by Crippen LogP contribution is 2.29.